The van der Waals surface area contributed by atoms with Crippen molar-refractivity contribution in [3.63, 3.8) is 0 Å². The second kappa shape index (κ2) is 11.5. The molecular formula is C25H36N4O5. The van der Waals surface area contributed by atoms with Gasteiger partial charge in [-0.05, 0) is 65.7 Å². The highest BCUT2D eigenvalue weighted by molar-refractivity contribution is 5.92. The summed E-state index contributed by atoms with van der Waals surface area (Å²) in [5.41, 5.74) is 5.06. The molecule has 0 heterocycles. The predicted molar refractivity (Wildman–Crippen MR) is 129 cm³/mol. The Kier molecular flexibility index (Phi) is 9.68. The van der Waals surface area contributed by atoms with Gasteiger partial charge in [0.1, 0.15) is 17.7 Å². The van der Waals surface area contributed by atoms with Gasteiger partial charge in [0, 0.05) is 24.6 Å². The molecule has 0 radical (unpaired) electrons. The highest BCUT2D eigenvalue weighted by Gasteiger charge is 2.35. The van der Waals surface area contributed by atoms with Crippen LogP contribution in [0.4, 0.5) is 4.79 Å². The van der Waals surface area contributed by atoms with Crippen molar-refractivity contribution in [3.05, 3.63) is 35.4 Å². The van der Waals surface area contributed by atoms with Gasteiger partial charge in [-0.3, -0.25) is 14.4 Å². The van der Waals surface area contributed by atoms with Crippen LogP contribution in [0.2, 0.25) is 0 Å². The molecule has 4 N–H and O–H groups in total. The smallest absolute Gasteiger partial charge is 0.408 e. The molecule has 186 valence electrons. The van der Waals surface area contributed by atoms with Crippen molar-refractivity contribution in [1.29, 1.82) is 0 Å². The number of carbonyl (C=O) groups is 4. The molecule has 0 saturated carbocycles. The molecule has 1 rings (SSSR count). The van der Waals surface area contributed by atoms with E-state index in [9.17, 15) is 19.2 Å². The van der Waals surface area contributed by atoms with Gasteiger partial charge in [-0.1, -0.05) is 18.1 Å². The number of hydrogen-bond donors (Lipinski definition) is 3. The van der Waals surface area contributed by atoms with Crippen molar-refractivity contribution in [3.8, 4) is 12.3 Å². The molecule has 0 spiro atoms. The Labute approximate surface area is 201 Å². The van der Waals surface area contributed by atoms with Crippen molar-refractivity contribution in [2.45, 2.75) is 77.6 Å². The minimum Gasteiger partial charge on any atom is -0.444 e. The van der Waals surface area contributed by atoms with Crippen LogP contribution in [0.25, 0.3) is 0 Å². The van der Waals surface area contributed by atoms with E-state index in [4.69, 9.17) is 16.9 Å². The van der Waals surface area contributed by atoms with Crippen molar-refractivity contribution in [2.24, 2.45) is 5.73 Å². The lowest BCUT2D eigenvalue weighted by Crippen LogP contribution is -2.53. The number of hydrogen-bond acceptors (Lipinski definition) is 5. The van der Waals surface area contributed by atoms with Crippen molar-refractivity contribution < 1.29 is 23.9 Å². The summed E-state index contributed by atoms with van der Waals surface area (Å²) in [7, 11) is 1.46. The maximum absolute atomic E-state index is 13.5. The van der Waals surface area contributed by atoms with E-state index in [0.717, 1.165) is 0 Å². The number of nitrogens with two attached hydrogens (primary N) is 1. The molecule has 0 aliphatic carbocycles. The van der Waals surface area contributed by atoms with Gasteiger partial charge >= 0.3 is 6.09 Å². The number of carbonyl (C=O) groups excluding carboxylic acids is 4. The number of alkyl carbamates (subject to hydrolysis) is 1. The fraction of sp³-hybridized carbons (Fsp3) is 0.520. The largest absolute Gasteiger partial charge is 0.444 e. The quantitative estimate of drug-likeness (QED) is 0.500. The van der Waals surface area contributed by atoms with E-state index in [1.165, 1.54) is 11.9 Å². The molecule has 2 atom stereocenters. The van der Waals surface area contributed by atoms with E-state index in [1.54, 1.807) is 45.0 Å². The fourth-order valence-corrected chi connectivity index (χ4v) is 3.12. The number of likely N-dealkylation sites (N-methyl/N-ethyl adjacent to an activating group) is 1. The van der Waals surface area contributed by atoms with Gasteiger partial charge in [-0.25, -0.2) is 4.79 Å². The van der Waals surface area contributed by atoms with Crippen molar-refractivity contribution in [2.75, 3.05) is 7.05 Å². The second-order valence-corrected chi connectivity index (χ2v) is 10.1. The van der Waals surface area contributed by atoms with Crippen LogP contribution in [-0.4, -0.2) is 52.9 Å². The normalized spacial score (nSPS) is 13.1. The highest BCUT2D eigenvalue weighted by Crippen LogP contribution is 2.23. The van der Waals surface area contributed by atoms with Crippen LogP contribution in [0.5, 0.6) is 0 Å². The molecule has 34 heavy (non-hydrogen) atoms. The van der Waals surface area contributed by atoms with Gasteiger partial charge in [0.25, 0.3) is 0 Å². The van der Waals surface area contributed by atoms with E-state index in [-0.39, 0.29) is 12.8 Å². The fourth-order valence-electron chi connectivity index (χ4n) is 3.12. The molecule has 0 aromatic heterocycles. The van der Waals surface area contributed by atoms with E-state index < -0.39 is 47.0 Å². The third-order valence-electron chi connectivity index (χ3n) is 4.54. The SMILES string of the molecule is C#Cc1ccc(C(C(=O)NC(C)(C)C)N(C)C(=O)C(CCC(N)=O)NC(=O)OC(C)(C)C)cc1. The molecule has 1 aromatic carbocycles. The minimum absolute atomic E-state index is 0.0542. The molecule has 0 saturated heterocycles. The first kappa shape index (κ1) is 28.5. The summed E-state index contributed by atoms with van der Waals surface area (Å²) < 4.78 is 5.25. The lowest BCUT2D eigenvalue weighted by atomic mass is 9.99. The number of benzene rings is 1. The van der Waals surface area contributed by atoms with Crippen LogP contribution in [0.15, 0.2) is 24.3 Å². The lowest BCUT2D eigenvalue weighted by Gasteiger charge is -2.33. The molecule has 4 amide bonds. The zero-order chi connectivity index (χ0) is 26.3. The monoisotopic (exact) mass is 472 g/mol. The molecule has 0 bridgehead atoms. The molecule has 1 aromatic rings. The number of primary amides is 1. The number of ether oxygens (including phenoxy) is 1. The molecule has 9 nitrogen and oxygen atoms in total. The standard InChI is InChI=1S/C25H36N4O5/c1-9-16-10-12-17(13-11-16)20(21(31)28-24(2,3)4)29(8)22(32)18(14-15-19(26)30)27-23(33)34-25(5,6)7/h1,10-13,18,20H,14-15H2,2-8H3,(H2,26,30)(H,27,33)(H,28,31). The maximum Gasteiger partial charge on any atom is 0.408 e. The molecule has 0 aliphatic rings. The molecular weight excluding hydrogens is 436 g/mol. The Balaban J connectivity index is 3.31. The summed E-state index contributed by atoms with van der Waals surface area (Å²) in [6, 6.07) is 4.54. The molecule has 9 heteroatoms. The molecule has 0 fully saturated rings. The summed E-state index contributed by atoms with van der Waals surface area (Å²) in [4.78, 5) is 51.6. The van der Waals surface area contributed by atoms with Gasteiger partial charge < -0.3 is 26.0 Å². The van der Waals surface area contributed by atoms with Crippen molar-refractivity contribution in [1.82, 2.24) is 15.5 Å². The van der Waals surface area contributed by atoms with Crippen LogP contribution in [0, 0.1) is 12.3 Å². The average Bonchev–Trinajstić information content (AvgIpc) is 2.68. The highest BCUT2D eigenvalue weighted by atomic mass is 16.6. The number of terminal acetylenes is 1. The first-order chi connectivity index (χ1) is 15.5. The zero-order valence-electron chi connectivity index (χ0n) is 21.0. The Hall–Kier alpha value is -3.54. The van der Waals surface area contributed by atoms with Crippen LogP contribution in [0.1, 0.15) is 71.6 Å². The summed E-state index contributed by atoms with van der Waals surface area (Å²) >= 11 is 0. The van der Waals surface area contributed by atoms with Gasteiger partial charge in [0.05, 0.1) is 0 Å². The van der Waals surface area contributed by atoms with Crippen molar-refractivity contribution >= 4 is 23.8 Å². The third kappa shape index (κ3) is 9.53. The zero-order valence-corrected chi connectivity index (χ0v) is 21.0. The summed E-state index contributed by atoms with van der Waals surface area (Å²) in [5.74, 6) is 0.890. The summed E-state index contributed by atoms with van der Waals surface area (Å²) in [6.45, 7) is 10.5. The molecule has 2 unspecified atom stereocenters. The Bertz CT molecular complexity index is 936. The van der Waals surface area contributed by atoms with Crippen LogP contribution < -0.4 is 16.4 Å². The van der Waals surface area contributed by atoms with E-state index in [1.807, 2.05) is 20.8 Å². The van der Waals surface area contributed by atoms with Crippen LogP contribution >= 0.6 is 0 Å². The van der Waals surface area contributed by atoms with Crippen LogP contribution in [-0.2, 0) is 19.1 Å². The predicted octanol–water partition coefficient (Wildman–Crippen LogP) is 2.24. The van der Waals surface area contributed by atoms with Gasteiger partial charge in [-0.15, -0.1) is 6.42 Å². The Morgan fingerprint density at radius 1 is 1.09 bits per heavy atom. The average molecular weight is 473 g/mol. The first-order valence-corrected chi connectivity index (χ1v) is 11.0. The maximum atomic E-state index is 13.5. The number of rotatable bonds is 8. The number of nitrogens with zero attached hydrogens (tertiary/aromatic N) is 1. The minimum atomic E-state index is -1.14. The number of amides is 4. The van der Waals surface area contributed by atoms with Gasteiger partial charge in [0.2, 0.25) is 17.7 Å². The van der Waals surface area contributed by atoms with Crippen LogP contribution in [0.3, 0.4) is 0 Å². The second-order valence-electron chi connectivity index (χ2n) is 10.1. The third-order valence-corrected chi connectivity index (χ3v) is 4.54. The van der Waals surface area contributed by atoms with E-state index >= 15 is 0 Å². The topological polar surface area (TPSA) is 131 Å². The van der Waals surface area contributed by atoms with E-state index in [2.05, 4.69) is 16.6 Å². The van der Waals surface area contributed by atoms with Gasteiger partial charge in [0.15, 0.2) is 0 Å². The summed E-state index contributed by atoms with van der Waals surface area (Å²) in [5, 5.41) is 5.39. The molecule has 0 aliphatic heterocycles. The van der Waals surface area contributed by atoms with E-state index in [0.29, 0.717) is 11.1 Å². The Morgan fingerprint density at radius 2 is 1.65 bits per heavy atom. The lowest BCUT2D eigenvalue weighted by molar-refractivity contribution is -0.141. The number of nitrogens with one attached hydrogen (secondary N) is 2. The van der Waals surface area contributed by atoms with Gasteiger partial charge in [-0.2, -0.15) is 0 Å². The summed E-state index contributed by atoms with van der Waals surface area (Å²) in [6.07, 6.45) is 4.41. The Morgan fingerprint density at radius 3 is 2.09 bits per heavy atom. The first-order valence-electron chi connectivity index (χ1n) is 11.0.